The Morgan fingerprint density at radius 2 is 1.93 bits per heavy atom. The number of hydrogen-bond donors (Lipinski definition) is 3. The lowest BCUT2D eigenvalue weighted by Crippen LogP contribution is -2.62. The van der Waals surface area contributed by atoms with Crippen molar-refractivity contribution < 1.29 is 14.7 Å². The first kappa shape index (κ1) is 19.1. The number of nitrogens with zero attached hydrogens (tertiary/aromatic N) is 2. The van der Waals surface area contributed by atoms with Gasteiger partial charge >= 0.3 is 12.1 Å². The molecule has 3 amide bonds. The third-order valence-electron chi connectivity index (χ3n) is 5.59. The summed E-state index contributed by atoms with van der Waals surface area (Å²) in [6, 6.07) is 12.6. The van der Waals surface area contributed by atoms with Crippen molar-refractivity contribution in [3.05, 3.63) is 64.7 Å². The Kier molecular flexibility index (Phi) is 4.42. The smallest absolute Gasteiger partial charge is 0.431 e. The van der Waals surface area contributed by atoms with E-state index in [4.69, 9.17) is 0 Å². The standard InChI is InChI=1S/C22H24N4O3/c1-22(2,3)16-9-10-17-14(12-16)8-11-18(17)24-20(27)25-26(21(28)29)19-7-5-4-6-15(19)13-23-26/h4-7,9-10,12-13,18H,8,11H2,1-3H3,(H2-,24,25,27,28,29)/p+1. The predicted octanol–water partition coefficient (Wildman–Crippen LogP) is 4.22. The Morgan fingerprint density at radius 1 is 1.17 bits per heavy atom. The SMILES string of the molecule is CC(C)(C)c1ccc2c(c1)CCC2NC(=O)N[N+]1(C(=O)O)N=Cc2ccccc21. The Labute approximate surface area is 169 Å². The molecule has 3 N–H and O–H groups in total. The van der Waals surface area contributed by atoms with E-state index in [2.05, 4.69) is 54.8 Å². The number of carbonyl (C=O) groups is 2. The van der Waals surface area contributed by atoms with Crippen LogP contribution in [0.4, 0.5) is 15.3 Å². The Balaban J connectivity index is 1.53. The normalized spacial score (nSPS) is 22.1. The number of benzene rings is 2. The predicted molar refractivity (Wildman–Crippen MR) is 112 cm³/mol. The summed E-state index contributed by atoms with van der Waals surface area (Å²) < 4.78 is -0.995. The van der Waals surface area contributed by atoms with Crippen LogP contribution < -0.4 is 15.4 Å². The third kappa shape index (κ3) is 3.27. The number of carboxylic acid groups (broad SMARTS) is 1. The molecule has 29 heavy (non-hydrogen) atoms. The fourth-order valence-corrected chi connectivity index (χ4v) is 3.96. The van der Waals surface area contributed by atoms with Gasteiger partial charge in [-0.3, -0.25) is 0 Å². The minimum atomic E-state index is -1.28. The van der Waals surface area contributed by atoms with E-state index in [0.29, 0.717) is 11.3 Å². The third-order valence-corrected chi connectivity index (χ3v) is 5.59. The molecule has 2 aromatic carbocycles. The van der Waals surface area contributed by atoms with E-state index in [1.807, 2.05) is 0 Å². The summed E-state index contributed by atoms with van der Waals surface area (Å²) >= 11 is 0. The van der Waals surface area contributed by atoms with Gasteiger partial charge in [0.25, 0.3) is 0 Å². The maximum atomic E-state index is 12.7. The van der Waals surface area contributed by atoms with E-state index in [-0.39, 0.29) is 11.5 Å². The van der Waals surface area contributed by atoms with Gasteiger partial charge < -0.3 is 10.4 Å². The zero-order chi connectivity index (χ0) is 20.8. The minimum Gasteiger partial charge on any atom is -0.431 e. The van der Waals surface area contributed by atoms with Gasteiger partial charge in [0, 0.05) is 10.8 Å². The van der Waals surface area contributed by atoms with Crippen LogP contribution >= 0.6 is 0 Å². The molecule has 150 valence electrons. The highest BCUT2D eigenvalue weighted by Gasteiger charge is 2.48. The van der Waals surface area contributed by atoms with Gasteiger partial charge in [-0.1, -0.05) is 51.1 Å². The molecule has 4 rings (SSSR count). The molecule has 1 aliphatic carbocycles. The molecular weight excluding hydrogens is 368 g/mol. The monoisotopic (exact) mass is 393 g/mol. The molecule has 0 aromatic heterocycles. The first-order chi connectivity index (χ1) is 13.7. The fourth-order valence-electron chi connectivity index (χ4n) is 3.96. The second kappa shape index (κ2) is 6.70. The van der Waals surface area contributed by atoms with Crippen molar-refractivity contribution in [1.82, 2.24) is 15.4 Å². The van der Waals surface area contributed by atoms with E-state index in [1.54, 1.807) is 24.3 Å². The van der Waals surface area contributed by atoms with E-state index >= 15 is 0 Å². The molecule has 2 atom stereocenters. The van der Waals surface area contributed by atoms with Gasteiger partial charge in [-0.2, -0.15) is 4.79 Å². The number of urea groups is 1. The summed E-state index contributed by atoms with van der Waals surface area (Å²) in [7, 11) is 0. The van der Waals surface area contributed by atoms with Crippen molar-refractivity contribution in [3.8, 4) is 0 Å². The van der Waals surface area contributed by atoms with Gasteiger partial charge in [0.15, 0.2) is 0 Å². The highest BCUT2D eigenvalue weighted by molar-refractivity contribution is 5.99. The summed E-state index contributed by atoms with van der Waals surface area (Å²) in [6.45, 7) is 6.53. The van der Waals surface area contributed by atoms with E-state index < -0.39 is 16.8 Å². The number of rotatable bonds is 1. The van der Waals surface area contributed by atoms with Crippen molar-refractivity contribution in [2.75, 3.05) is 0 Å². The second-order valence-electron chi connectivity index (χ2n) is 8.56. The van der Waals surface area contributed by atoms with Crippen molar-refractivity contribution in [2.24, 2.45) is 5.10 Å². The highest BCUT2D eigenvalue weighted by Crippen LogP contribution is 2.35. The number of amides is 3. The van der Waals surface area contributed by atoms with E-state index in [0.717, 1.165) is 18.4 Å². The van der Waals surface area contributed by atoms with Gasteiger partial charge in [0.05, 0.1) is 11.6 Å². The molecule has 0 bridgehead atoms. The molecule has 2 aromatic rings. The molecule has 0 saturated heterocycles. The zero-order valence-electron chi connectivity index (χ0n) is 16.8. The number of hydrogen-bond acceptors (Lipinski definition) is 3. The average molecular weight is 393 g/mol. The number of aryl methyl sites for hydroxylation is 1. The van der Waals surface area contributed by atoms with Crippen LogP contribution in [0.1, 0.15) is 55.5 Å². The van der Waals surface area contributed by atoms with Gasteiger partial charge in [-0.05, 0) is 46.1 Å². The van der Waals surface area contributed by atoms with Crippen molar-refractivity contribution in [2.45, 2.75) is 45.1 Å². The van der Waals surface area contributed by atoms with Crippen LogP contribution in [0.15, 0.2) is 47.6 Å². The van der Waals surface area contributed by atoms with Crippen molar-refractivity contribution in [3.63, 3.8) is 0 Å². The maximum absolute atomic E-state index is 12.7. The molecule has 2 aliphatic rings. The summed E-state index contributed by atoms with van der Waals surface area (Å²) in [6.07, 6.45) is 1.85. The highest BCUT2D eigenvalue weighted by atomic mass is 16.4. The van der Waals surface area contributed by atoms with Crippen LogP contribution in [-0.2, 0) is 11.8 Å². The summed E-state index contributed by atoms with van der Waals surface area (Å²) in [5.41, 5.74) is 7.24. The second-order valence-corrected chi connectivity index (χ2v) is 8.56. The lowest BCUT2D eigenvalue weighted by atomic mass is 9.85. The van der Waals surface area contributed by atoms with Gasteiger partial charge in [-0.25, -0.2) is 4.79 Å². The molecule has 7 heteroatoms. The Hall–Kier alpha value is -3.19. The van der Waals surface area contributed by atoms with Crippen LogP contribution in [0.5, 0.6) is 0 Å². The first-order valence-corrected chi connectivity index (χ1v) is 9.70. The number of quaternary nitrogens is 1. The van der Waals surface area contributed by atoms with Crippen molar-refractivity contribution in [1.29, 1.82) is 0 Å². The molecule has 2 unspecified atom stereocenters. The molecule has 7 nitrogen and oxygen atoms in total. The van der Waals surface area contributed by atoms with Gasteiger partial charge in [0.2, 0.25) is 5.69 Å². The maximum Gasteiger partial charge on any atom is 0.573 e. The summed E-state index contributed by atoms with van der Waals surface area (Å²) in [4.78, 5) is 24.7. The molecule has 1 aliphatic heterocycles. The Bertz CT molecular complexity index is 1020. The van der Waals surface area contributed by atoms with E-state index in [1.165, 1.54) is 17.3 Å². The number of para-hydroxylation sites is 1. The van der Waals surface area contributed by atoms with Crippen LogP contribution in [-0.4, -0.2) is 23.4 Å². The quantitative estimate of drug-likeness (QED) is 0.634. The van der Waals surface area contributed by atoms with Gasteiger partial charge in [0.1, 0.15) is 6.21 Å². The number of nitrogens with one attached hydrogen (secondary N) is 2. The van der Waals surface area contributed by atoms with Crippen LogP contribution in [0.2, 0.25) is 0 Å². The summed E-state index contributed by atoms with van der Waals surface area (Å²) in [5.74, 6) is 0. The lowest BCUT2D eigenvalue weighted by molar-refractivity contribution is 0.128. The van der Waals surface area contributed by atoms with Crippen LogP contribution in [0.25, 0.3) is 0 Å². The topological polar surface area (TPSA) is 90.8 Å². The molecule has 0 radical (unpaired) electrons. The largest absolute Gasteiger partial charge is 0.573 e. The van der Waals surface area contributed by atoms with Crippen LogP contribution in [0.3, 0.4) is 0 Å². The van der Waals surface area contributed by atoms with Crippen molar-refractivity contribution >= 4 is 24.0 Å². The molecule has 0 spiro atoms. The number of fused-ring (bicyclic) bond motifs is 2. The minimum absolute atomic E-state index is 0.0666. The fraction of sp³-hybridized carbons (Fsp3) is 0.318. The first-order valence-electron chi connectivity index (χ1n) is 9.70. The Morgan fingerprint density at radius 3 is 2.66 bits per heavy atom. The molecular formula is C22H25N4O3+. The summed E-state index contributed by atoms with van der Waals surface area (Å²) in [5, 5.41) is 16.8. The zero-order valence-corrected chi connectivity index (χ0v) is 16.8. The van der Waals surface area contributed by atoms with Crippen LogP contribution in [0, 0.1) is 0 Å². The molecule has 1 heterocycles. The average Bonchev–Trinajstić information content (AvgIpc) is 3.23. The number of carbonyl (C=O) groups excluding carboxylic acids is 1. The van der Waals surface area contributed by atoms with E-state index in [9.17, 15) is 14.7 Å². The lowest BCUT2D eigenvalue weighted by Gasteiger charge is -2.24. The molecule has 0 fully saturated rings. The van der Waals surface area contributed by atoms with Gasteiger partial charge in [-0.15, -0.1) is 5.43 Å². The molecule has 0 saturated carbocycles.